The summed E-state index contributed by atoms with van der Waals surface area (Å²) >= 11 is 0. The van der Waals surface area contributed by atoms with Crippen molar-refractivity contribution in [3.05, 3.63) is 41.2 Å². The number of carbonyl (C=O) groups is 2. The highest BCUT2D eigenvalue weighted by Crippen LogP contribution is 2.27. The van der Waals surface area contributed by atoms with E-state index in [2.05, 4.69) is 10.4 Å². The van der Waals surface area contributed by atoms with Gasteiger partial charge < -0.3 is 19.9 Å². The predicted octanol–water partition coefficient (Wildman–Crippen LogP) is 1.11. The number of carbonyl (C=O) groups excluding carboxylic acids is 1. The van der Waals surface area contributed by atoms with Crippen LogP contribution < -0.4 is 14.8 Å². The number of aryl methyl sites for hydroxylation is 1. The Kier molecular flexibility index (Phi) is 5.41. The number of amides is 1. The number of methoxy groups -OCH3 is 2. The summed E-state index contributed by atoms with van der Waals surface area (Å²) in [5.41, 5.74) is 0.855. The normalized spacial score (nSPS) is 10.3. The first-order valence-electron chi connectivity index (χ1n) is 7.22. The molecular formula is C16H19N3O5. The van der Waals surface area contributed by atoms with Crippen molar-refractivity contribution in [2.24, 2.45) is 7.05 Å². The number of carboxylic acid groups (broad SMARTS) is 1. The van der Waals surface area contributed by atoms with Crippen LogP contribution in [0, 0.1) is 0 Å². The van der Waals surface area contributed by atoms with Gasteiger partial charge in [0, 0.05) is 13.6 Å². The first kappa shape index (κ1) is 17.3. The van der Waals surface area contributed by atoms with E-state index in [1.807, 2.05) is 12.1 Å². The van der Waals surface area contributed by atoms with Crippen molar-refractivity contribution in [3.8, 4) is 11.5 Å². The molecule has 2 rings (SSSR count). The van der Waals surface area contributed by atoms with Crippen molar-refractivity contribution in [2.75, 3.05) is 20.8 Å². The Bertz CT molecular complexity index is 754. The number of ether oxygens (including phenoxy) is 2. The van der Waals surface area contributed by atoms with Crippen LogP contribution in [0.4, 0.5) is 0 Å². The van der Waals surface area contributed by atoms with E-state index in [-0.39, 0.29) is 11.3 Å². The largest absolute Gasteiger partial charge is 0.493 e. The minimum absolute atomic E-state index is 0.0392. The van der Waals surface area contributed by atoms with E-state index in [0.29, 0.717) is 24.5 Å². The minimum Gasteiger partial charge on any atom is -0.493 e. The molecule has 0 unspecified atom stereocenters. The second kappa shape index (κ2) is 7.49. The van der Waals surface area contributed by atoms with Gasteiger partial charge in [-0.1, -0.05) is 6.07 Å². The molecule has 8 heteroatoms. The molecule has 0 aliphatic rings. The maximum atomic E-state index is 12.1. The zero-order valence-corrected chi connectivity index (χ0v) is 13.7. The fourth-order valence-electron chi connectivity index (χ4n) is 2.31. The highest BCUT2D eigenvalue weighted by atomic mass is 16.5. The van der Waals surface area contributed by atoms with Crippen LogP contribution in [0.15, 0.2) is 24.4 Å². The van der Waals surface area contributed by atoms with E-state index >= 15 is 0 Å². The zero-order chi connectivity index (χ0) is 17.7. The van der Waals surface area contributed by atoms with E-state index in [1.165, 1.54) is 13.2 Å². The molecule has 0 saturated carbocycles. The van der Waals surface area contributed by atoms with Crippen LogP contribution >= 0.6 is 0 Å². The topological polar surface area (TPSA) is 103 Å². The summed E-state index contributed by atoms with van der Waals surface area (Å²) in [5, 5.41) is 15.6. The zero-order valence-electron chi connectivity index (χ0n) is 13.7. The van der Waals surface area contributed by atoms with E-state index in [9.17, 15) is 9.59 Å². The third-order valence-electron chi connectivity index (χ3n) is 3.53. The van der Waals surface area contributed by atoms with Crippen molar-refractivity contribution in [2.45, 2.75) is 6.42 Å². The third kappa shape index (κ3) is 3.65. The van der Waals surface area contributed by atoms with Gasteiger partial charge in [-0.25, -0.2) is 4.79 Å². The van der Waals surface area contributed by atoms with Gasteiger partial charge in [-0.15, -0.1) is 0 Å². The second-order valence-electron chi connectivity index (χ2n) is 5.03. The molecule has 1 heterocycles. The smallest absolute Gasteiger partial charge is 0.354 e. The van der Waals surface area contributed by atoms with Crippen molar-refractivity contribution in [1.82, 2.24) is 15.1 Å². The SMILES string of the molecule is COc1ccc(CCNC(=O)c2cnn(C)c2C(=O)O)cc1OC. The molecule has 2 N–H and O–H groups in total. The van der Waals surface area contributed by atoms with Crippen LogP contribution in [0.3, 0.4) is 0 Å². The average Bonchev–Trinajstić information content (AvgIpc) is 2.96. The lowest BCUT2D eigenvalue weighted by Gasteiger charge is -2.10. The highest BCUT2D eigenvalue weighted by molar-refractivity contribution is 6.03. The third-order valence-corrected chi connectivity index (χ3v) is 3.53. The number of hydrogen-bond donors (Lipinski definition) is 2. The van der Waals surface area contributed by atoms with Gasteiger partial charge in [-0.3, -0.25) is 9.48 Å². The molecule has 1 aromatic carbocycles. The quantitative estimate of drug-likeness (QED) is 0.787. The molecule has 0 bridgehead atoms. The Morgan fingerprint density at radius 2 is 1.96 bits per heavy atom. The number of nitrogens with zero attached hydrogens (tertiary/aromatic N) is 2. The van der Waals surface area contributed by atoms with E-state index < -0.39 is 11.9 Å². The van der Waals surface area contributed by atoms with Crippen molar-refractivity contribution < 1.29 is 24.2 Å². The van der Waals surface area contributed by atoms with Gasteiger partial charge in [0.15, 0.2) is 17.2 Å². The number of aromatic nitrogens is 2. The summed E-state index contributed by atoms with van der Waals surface area (Å²) in [7, 11) is 4.59. The van der Waals surface area contributed by atoms with Crippen LogP contribution in [0.5, 0.6) is 11.5 Å². The maximum absolute atomic E-state index is 12.1. The fraction of sp³-hybridized carbons (Fsp3) is 0.312. The van der Waals surface area contributed by atoms with Gasteiger partial charge in [0.05, 0.1) is 26.0 Å². The van der Waals surface area contributed by atoms with Gasteiger partial charge in [0.1, 0.15) is 0 Å². The van der Waals surface area contributed by atoms with Gasteiger partial charge in [-0.2, -0.15) is 5.10 Å². The molecule has 24 heavy (non-hydrogen) atoms. The summed E-state index contributed by atoms with van der Waals surface area (Å²) in [6.45, 7) is 0.349. The Labute approximate surface area is 139 Å². The van der Waals surface area contributed by atoms with Crippen LogP contribution in [0.1, 0.15) is 26.4 Å². The summed E-state index contributed by atoms with van der Waals surface area (Å²) in [6.07, 6.45) is 1.81. The van der Waals surface area contributed by atoms with Crippen molar-refractivity contribution >= 4 is 11.9 Å². The van der Waals surface area contributed by atoms with Gasteiger partial charge in [-0.05, 0) is 24.1 Å². The average molecular weight is 333 g/mol. The molecule has 128 valence electrons. The lowest BCUT2D eigenvalue weighted by atomic mass is 10.1. The van der Waals surface area contributed by atoms with Crippen LogP contribution in [0.2, 0.25) is 0 Å². The molecule has 0 aliphatic heterocycles. The monoisotopic (exact) mass is 333 g/mol. The Hall–Kier alpha value is -3.03. The molecule has 0 atom stereocenters. The molecule has 0 fully saturated rings. The molecule has 0 spiro atoms. The lowest BCUT2D eigenvalue weighted by Crippen LogP contribution is -2.27. The second-order valence-corrected chi connectivity index (χ2v) is 5.03. The number of carboxylic acids is 1. The molecule has 1 amide bonds. The van der Waals surface area contributed by atoms with E-state index in [4.69, 9.17) is 14.6 Å². The van der Waals surface area contributed by atoms with Crippen LogP contribution in [-0.4, -0.2) is 47.5 Å². The number of benzene rings is 1. The maximum Gasteiger partial charge on any atom is 0.354 e. The fourth-order valence-corrected chi connectivity index (χ4v) is 2.31. The first-order valence-corrected chi connectivity index (χ1v) is 7.22. The first-order chi connectivity index (χ1) is 11.5. The Morgan fingerprint density at radius 1 is 1.25 bits per heavy atom. The summed E-state index contributed by atoms with van der Waals surface area (Å²) < 4.78 is 11.6. The van der Waals surface area contributed by atoms with Crippen LogP contribution in [0.25, 0.3) is 0 Å². The summed E-state index contributed by atoms with van der Waals surface area (Å²) in [6, 6.07) is 5.50. The van der Waals surface area contributed by atoms with Gasteiger partial charge >= 0.3 is 5.97 Å². The number of nitrogens with one attached hydrogen (secondary N) is 1. The molecule has 0 aliphatic carbocycles. The molecule has 8 nitrogen and oxygen atoms in total. The molecular weight excluding hydrogens is 314 g/mol. The highest BCUT2D eigenvalue weighted by Gasteiger charge is 2.21. The number of rotatable bonds is 7. The summed E-state index contributed by atoms with van der Waals surface area (Å²) in [5.74, 6) is -0.422. The number of aromatic carboxylic acids is 1. The van der Waals surface area contributed by atoms with E-state index in [0.717, 1.165) is 10.2 Å². The van der Waals surface area contributed by atoms with Crippen molar-refractivity contribution in [1.29, 1.82) is 0 Å². The van der Waals surface area contributed by atoms with E-state index in [1.54, 1.807) is 20.3 Å². The minimum atomic E-state index is -1.19. The Balaban J connectivity index is 2.00. The summed E-state index contributed by atoms with van der Waals surface area (Å²) in [4.78, 5) is 23.3. The van der Waals surface area contributed by atoms with Crippen molar-refractivity contribution in [3.63, 3.8) is 0 Å². The lowest BCUT2D eigenvalue weighted by molar-refractivity contribution is 0.0679. The van der Waals surface area contributed by atoms with Gasteiger partial charge in [0.25, 0.3) is 5.91 Å². The Morgan fingerprint density at radius 3 is 2.58 bits per heavy atom. The molecule has 2 aromatic rings. The van der Waals surface area contributed by atoms with Gasteiger partial charge in [0.2, 0.25) is 0 Å². The predicted molar refractivity (Wildman–Crippen MR) is 85.8 cm³/mol. The standard InChI is InChI=1S/C16H19N3O5/c1-19-14(16(21)22)11(9-18-19)15(20)17-7-6-10-4-5-12(23-2)13(8-10)24-3/h4-5,8-9H,6-7H2,1-3H3,(H,17,20)(H,21,22). The molecule has 0 saturated heterocycles. The molecule has 0 radical (unpaired) electrons. The number of hydrogen-bond acceptors (Lipinski definition) is 5. The van der Waals surface area contributed by atoms with Crippen LogP contribution in [-0.2, 0) is 13.5 Å². The molecule has 1 aromatic heterocycles.